The van der Waals surface area contributed by atoms with Crippen LogP contribution >= 0.6 is 11.6 Å². The number of hydrogen-bond donors (Lipinski definition) is 1. The van der Waals surface area contributed by atoms with Gasteiger partial charge in [-0.2, -0.15) is 4.68 Å². The van der Waals surface area contributed by atoms with Crippen LogP contribution in [0, 0.1) is 0 Å². The van der Waals surface area contributed by atoms with Gasteiger partial charge in [-0.3, -0.25) is 4.79 Å². The highest BCUT2D eigenvalue weighted by atomic mass is 35.5. The smallest absolute Gasteiger partial charge is 0.248 e. The molecule has 3 aromatic rings. The molecule has 2 aromatic heterocycles. The van der Waals surface area contributed by atoms with Gasteiger partial charge < -0.3 is 5.73 Å². The van der Waals surface area contributed by atoms with Gasteiger partial charge in [-0.15, -0.1) is 5.10 Å². The monoisotopic (exact) mass is 274 g/mol. The first kappa shape index (κ1) is 11.5. The second-order valence-corrected chi connectivity index (χ2v) is 4.11. The Morgan fingerprint density at radius 2 is 1.95 bits per heavy atom. The molecule has 0 atom stereocenters. The molecule has 0 aliphatic rings. The number of aromatic nitrogens is 5. The summed E-state index contributed by atoms with van der Waals surface area (Å²) < 4.78 is 1.51. The van der Waals surface area contributed by atoms with Gasteiger partial charge in [-0.05, 0) is 24.3 Å². The first-order valence-electron chi connectivity index (χ1n) is 5.29. The topological polar surface area (TPSA) is 99.6 Å². The highest BCUT2D eigenvalue weighted by molar-refractivity contribution is 6.33. The number of hydrogen-bond acceptors (Lipinski definition) is 5. The van der Waals surface area contributed by atoms with Crippen LogP contribution in [-0.2, 0) is 0 Å². The number of halogens is 1. The van der Waals surface area contributed by atoms with Crippen LogP contribution in [0.4, 0.5) is 0 Å². The van der Waals surface area contributed by atoms with E-state index in [0.717, 1.165) is 0 Å². The average molecular weight is 275 g/mol. The molecule has 0 aliphatic heterocycles. The molecular weight excluding hydrogens is 268 g/mol. The quantitative estimate of drug-likeness (QED) is 0.702. The van der Waals surface area contributed by atoms with E-state index >= 15 is 0 Å². The second kappa shape index (κ2) is 4.29. The number of carbonyl (C=O) groups excluding carboxylic acids is 1. The third kappa shape index (κ3) is 1.89. The van der Waals surface area contributed by atoms with Crippen molar-refractivity contribution < 1.29 is 4.79 Å². The number of nitrogens with two attached hydrogens (primary N) is 1. The first-order valence-corrected chi connectivity index (χ1v) is 5.67. The molecule has 0 saturated carbocycles. The first-order chi connectivity index (χ1) is 9.16. The van der Waals surface area contributed by atoms with Crippen LogP contribution in [0.3, 0.4) is 0 Å². The lowest BCUT2D eigenvalue weighted by molar-refractivity contribution is 0.100. The Hall–Kier alpha value is -2.54. The van der Waals surface area contributed by atoms with Crippen molar-refractivity contribution >= 4 is 28.7 Å². The molecule has 0 unspecified atom stereocenters. The van der Waals surface area contributed by atoms with E-state index in [1.165, 1.54) is 11.0 Å². The van der Waals surface area contributed by atoms with E-state index < -0.39 is 5.91 Å². The van der Waals surface area contributed by atoms with Gasteiger partial charge >= 0.3 is 0 Å². The summed E-state index contributed by atoms with van der Waals surface area (Å²) in [6.45, 7) is 0. The minimum Gasteiger partial charge on any atom is -0.366 e. The minimum atomic E-state index is -0.486. The number of carbonyl (C=O) groups is 1. The third-order valence-electron chi connectivity index (χ3n) is 2.59. The van der Waals surface area contributed by atoms with E-state index in [2.05, 4.69) is 20.3 Å². The van der Waals surface area contributed by atoms with E-state index in [1.807, 2.05) is 0 Å². The summed E-state index contributed by atoms with van der Waals surface area (Å²) in [4.78, 5) is 18.9. The maximum absolute atomic E-state index is 11.0. The summed E-state index contributed by atoms with van der Waals surface area (Å²) in [5.74, 6) is -0.486. The van der Waals surface area contributed by atoms with Crippen LogP contribution in [-0.4, -0.2) is 30.9 Å². The fourth-order valence-electron chi connectivity index (χ4n) is 1.66. The summed E-state index contributed by atoms with van der Waals surface area (Å²) in [7, 11) is 0. The number of nitrogens with zero attached hydrogens (tertiary/aromatic N) is 5. The molecule has 7 nitrogen and oxygen atoms in total. The van der Waals surface area contributed by atoms with Crippen molar-refractivity contribution in [2.24, 2.45) is 5.73 Å². The molecule has 1 aromatic carbocycles. The second-order valence-electron chi connectivity index (χ2n) is 3.75. The molecule has 19 heavy (non-hydrogen) atoms. The highest BCUT2D eigenvalue weighted by Crippen LogP contribution is 2.19. The molecule has 2 heterocycles. The van der Waals surface area contributed by atoms with Crippen molar-refractivity contribution in [3.8, 4) is 5.69 Å². The van der Waals surface area contributed by atoms with E-state index in [-0.39, 0.29) is 5.15 Å². The SMILES string of the molecule is NC(=O)c1ccc(-n2nnc3c(Cl)ncnc32)cc1. The maximum atomic E-state index is 11.0. The summed E-state index contributed by atoms with van der Waals surface area (Å²) in [6.07, 6.45) is 1.34. The number of benzene rings is 1. The van der Waals surface area contributed by atoms with Gasteiger partial charge in [0.05, 0.1) is 5.69 Å². The van der Waals surface area contributed by atoms with Crippen LogP contribution in [0.5, 0.6) is 0 Å². The van der Waals surface area contributed by atoms with Gasteiger partial charge in [0.1, 0.15) is 6.33 Å². The van der Waals surface area contributed by atoms with Crippen molar-refractivity contribution in [3.05, 3.63) is 41.3 Å². The molecule has 8 heteroatoms. The van der Waals surface area contributed by atoms with Gasteiger partial charge in [0, 0.05) is 5.56 Å². The summed E-state index contributed by atoms with van der Waals surface area (Å²) in [5, 5.41) is 8.12. The lowest BCUT2D eigenvalue weighted by Crippen LogP contribution is -2.10. The number of amides is 1. The van der Waals surface area contributed by atoms with E-state index in [9.17, 15) is 4.79 Å². The number of fused-ring (bicyclic) bond motifs is 1. The van der Waals surface area contributed by atoms with Gasteiger partial charge in [0.2, 0.25) is 5.91 Å². The zero-order valence-corrected chi connectivity index (χ0v) is 10.2. The predicted octanol–water partition coefficient (Wildman–Crippen LogP) is 0.963. The molecular formula is C11H7ClN6O. The van der Waals surface area contributed by atoms with Crippen molar-refractivity contribution in [1.29, 1.82) is 0 Å². The van der Waals surface area contributed by atoms with Crippen LogP contribution in [0.1, 0.15) is 10.4 Å². The Morgan fingerprint density at radius 1 is 1.21 bits per heavy atom. The normalized spacial score (nSPS) is 10.8. The molecule has 1 amide bonds. The van der Waals surface area contributed by atoms with Crippen LogP contribution in [0.25, 0.3) is 16.9 Å². The van der Waals surface area contributed by atoms with Crippen LogP contribution in [0.15, 0.2) is 30.6 Å². The Balaban J connectivity index is 2.14. The van der Waals surface area contributed by atoms with Gasteiger partial charge in [0.25, 0.3) is 0 Å². The molecule has 0 radical (unpaired) electrons. The van der Waals surface area contributed by atoms with Crippen molar-refractivity contribution in [1.82, 2.24) is 25.0 Å². The van der Waals surface area contributed by atoms with Crippen molar-refractivity contribution in [2.45, 2.75) is 0 Å². The van der Waals surface area contributed by atoms with Crippen LogP contribution in [0.2, 0.25) is 5.15 Å². The average Bonchev–Trinajstić information content (AvgIpc) is 2.84. The summed E-state index contributed by atoms with van der Waals surface area (Å²) in [5.41, 5.74) is 7.21. The fraction of sp³-hybridized carbons (Fsp3) is 0. The standard InChI is InChI=1S/C11H7ClN6O/c12-9-8-11(15-5-14-9)18(17-16-8)7-3-1-6(2-4-7)10(13)19/h1-5H,(H2,13,19). The molecule has 0 bridgehead atoms. The zero-order valence-electron chi connectivity index (χ0n) is 9.49. The largest absolute Gasteiger partial charge is 0.366 e. The fourth-order valence-corrected chi connectivity index (χ4v) is 1.83. The van der Waals surface area contributed by atoms with E-state index in [4.69, 9.17) is 17.3 Å². The maximum Gasteiger partial charge on any atom is 0.248 e. The molecule has 2 N–H and O–H groups in total. The Kier molecular flexibility index (Phi) is 2.60. The Morgan fingerprint density at radius 3 is 2.63 bits per heavy atom. The molecule has 0 saturated heterocycles. The zero-order chi connectivity index (χ0) is 13.4. The van der Waals surface area contributed by atoms with E-state index in [0.29, 0.717) is 22.4 Å². The van der Waals surface area contributed by atoms with Gasteiger partial charge in [-0.1, -0.05) is 16.8 Å². The van der Waals surface area contributed by atoms with Gasteiger partial charge in [-0.25, -0.2) is 9.97 Å². The number of rotatable bonds is 2. The summed E-state index contributed by atoms with van der Waals surface area (Å²) >= 11 is 5.90. The van der Waals surface area contributed by atoms with Gasteiger partial charge in [0.15, 0.2) is 16.3 Å². The van der Waals surface area contributed by atoms with Crippen molar-refractivity contribution in [2.75, 3.05) is 0 Å². The Bertz CT molecular complexity index is 766. The summed E-state index contributed by atoms with van der Waals surface area (Å²) in [6, 6.07) is 6.61. The molecule has 0 fully saturated rings. The molecule has 0 spiro atoms. The molecule has 0 aliphatic carbocycles. The molecule has 3 rings (SSSR count). The predicted molar refractivity (Wildman–Crippen MR) is 68.0 cm³/mol. The highest BCUT2D eigenvalue weighted by Gasteiger charge is 2.11. The third-order valence-corrected chi connectivity index (χ3v) is 2.87. The van der Waals surface area contributed by atoms with Crippen molar-refractivity contribution in [3.63, 3.8) is 0 Å². The van der Waals surface area contributed by atoms with Crippen LogP contribution < -0.4 is 5.73 Å². The lowest BCUT2D eigenvalue weighted by Gasteiger charge is -2.02. The van der Waals surface area contributed by atoms with E-state index in [1.54, 1.807) is 24.3 Å². The minimum absolute atomic E-state index is 0.241. The Labute approximate surface area is 112 Å². The molecule has 94 valence electrons. The lowest BCUT2D eigenvalue weighted by atomic mass is 10.2. The number of primary amides is 1.